The van der Waals surface area contributed by atoms with Gasteiger partial charge in [-0.1, -0.05) is 0 Å². The number of anilines is 1. The zero-order valence-corrected chi connectivity index (χ0v) is 9.82. The molecule has 3 nitrogen and oxygen atoms in total. The number of hydrogen-bond acceptors (Lipinski definition) is 2. The van der Waals surface area contributed by atoms with Crippen LogP contribution in [0.15, 0.2) is 29.1 Å². The first-order valence-corrected chi connectivity index (χ1v) is 5.42. The van der Waals surface area contributed by atoms with Crippen LogP contribution in [0.1, 0.15) is 25.5 Å². The van der Waals surface area contributed by atoms with Gasteiger partial charge in [0, 0.05) is 22.7 Å². The van der Waals surface area contributed by atoms with Gasteiger partial charge >= 0.3 is 0 Å². The second kappa shape index (κ2) is 3.67. The summed E-state index contributed by atoms with van der Waals surface area (Å²) in [6, 6.07) is 7.69. The van der Waals surface area contributed by atoms with Gasteiger partial charge in [-0.3, -0.25) is 4.79 Å². The Morgan fingerprint density at radius 1 is 1.25 bits per heavy atom. The quantitative estimate of drug-likeness (QED) is 0.744. The number of aromatic nitrogens is 1. The number of rotatable bonds is 1. The molecule has 0 unspecified atom stereocenters. The molecule has 0 radical (unpaired) electrons. The Bertz CT molecular complexity index is 597. The highest BCUT2D eigenvalue weighted by Gasteiger charge is 2.09. The van der Waals surface area contributed by atoms with E-state index in [1.54, 1.807) is 0 Å². The number of nitrogens with zero attached hydrogens (tertiary/aromatic N) is 1. The standard InChI is InChI=1S/C13H16N2O/c1-8(2)15-12-5-4-11(14)7-10(12)6-9(3)13(15)16/h4-8H,14H2,1-3H3. The third kappa shape index (κ3) is 1.58. The fourth-order valence-electron chi connectivity index (χ4n) is 2.02. The van der Waals surface area contributed by atoms with E-state index in [0.717, 1.165) is 22.2 Å². The second-order valence-electron chi connectivity index (χ2n) is 4.41. The van der Waals surface area contributed by atoms with E-state index in [1.165, 1.54) is 0 Å². The molecule has 2 rings (SSSR count). The molecule has 0 aliphatic rings. The third-order valence-corrected chi connectivity index (χ3v) is 2.76. The minimum absolute atomic E-state index is 0.0762. The lowest BCUT2D eigenvalue weighted by atomic mass is 10.1. The monoisotopic (exact) mass is 216 g/mol. The van der Waals surface area contributed by atoms with Gasteiger partial charge in [-0.25, -0.2) is 0 Å². The molecule has 0 aliphatic heterocycles. The summed E-state index contributed by atoms with van der Waals surface area (Å²) >= 11 is 0. The Morgan fingerprint density at radius 2 is 1.94 bits per heavy atom. The Labute approximate surface area is 94.5 Å². The highest BCUT2D eigenvalue weighted by Crippen LogP contribution is 2.19. The molecule has 1 heterocycles. The lowest BCUT2D eigenvalue weighted by Gasteiger charge is -2.15. The van der Waals surface area contributed by atoms with Gasteiger partial charge in [-0.05, 0) is 45.0 Å². The van der Waals surface area contributed by atoms with E-state index in [0.29, 0.717) is 0 Å². The molecule has 84 valence electrons. The van der Waals surface area contributed by atoms with E-state index in [-0.39, 0.29) is 11.6 Å². The number of benzene rings is 1. The number of pyridine rings is 1. The first kappa shape index (κ1) is 10.7. The number of nitrogens with two attached hydrogens (primary N) is 1. The highest BCUT2D eigenvalue weighted by atomic mass is 16.1. The Hall–Kier alpha value is -1.77. The first-order chi connectivity index (χ1) is 7.50. The van der Waals surface area contributed by atoms with Crippen molar-refractivity contribution in [2.24, 2.45) is 0 Å². The van der Waals surface area contributed by atoms with Gasteiger partial charge in [0.15, 0.2) is 0 Å². The smallest absolute Gasteiger partial charge is 0.254 e. The normalized spacial score (nSPS) is 11.2. The molecule has 0 bridgehead atoms. The van der Waals surface area contributed by atoms with Crippen LogP contribution in [-0.4, -0.2) is 4.57 Å². The maximum absolute atomic E-state index is 12.0. The molecule has 0 amide bonds. The van der Waals surface area contributed by atoms with Crippen molar-refractivity contribution in [2.75, 3.05) is 5.73 Å². The average Bonchev–Trinajstić information content (AvgIpc) is 2.19. The van der Waals surface area contributed by atoms with Crippen molar-refractivity contribution in [3.8, 4) is 0 Å². The molecule has 0 atom stereocenters. The van der Waals surface area contributed by atoms with E-state index in [2.05, 4.69) is 0 Å². The summed E-state index contributed by atoms with van der Waals surface area (Å²) in [4.78, 5) is 12.0. The van der Waals surface area contributed by atoms with Crippen LogP contribution in [-0.2, 0) is 0 Å². The third-order valence-electron chi connectivity index (χ3n) is 2.76. The fraction of sp³-hybridized carbons (Fsp3) is 0.308. The lowest BCUT2D eigenvalue weighted by molar-refractivity contribution is 0.598. The summed E-state index contributed by atoms with van der Waals surface area (Å²) in [6.07, 6.45) is 0. The van der Waals surface area contributed by atoms with Crippen molar-refractivity contribution in [1.82, 2.24) is 4.57 Å². The van der Waals surface area contributed by atoms with Gasteiger partial charge in [0.25, 0.3) is 5.56 Å². The molecule has 16 heavy (non-hydrogen) atoms. The van der Waals surface area contributed by atoms with Gasteiger partial charge in [-0.15, -0.1) is 0 Å². The minimum atomic E-state index is 0.0762. The second-order valence-corrected chi connectivity index (χ2v) is 4.41. The molecule has 0 aliphatic carbocycles. The van der Waals surface area contributed by atoms with Gasteiger partial charge < -0.3 is 10.3 Å². The SMILES string of the molecule is Cc1cc2cc(N)ccc2n(C(C)C)c1=O. The lowest BCUT2D eigenvalue weighted by Crippen LogP contribution is -2.24. The Kier molecular flexibility index (Phi) is 2.46. The van der Waals surface area contributed by atoms with Crippen molar-refractivity contribution in [3.63, 3.8) is 0 Å². The molecular weight excluding hydrogens is 200 g/mol. The molecule has 2 aromatic rings. The van der Waals surface area contributed by atoms with Crippen LogP contribution in [0.2, 0.25) is 0 Å². The van der Waals surface area contributed by atoms with Gasteiger partial charge in [0.1, 0.15) is 0 Å². The van der Waals surface area contributed by atoms with Crippen molar-refractivity contribution in [3.05, 3.63) is 40.2 Å². The molecule has 0 saturated heterocycles. The maximum Gasteiger partial charge on any atom is 0.254 e. The van der Waals surface area contributed by atoms with E-state index in [9.17, 15) is 4.79 Å². The zero-order chi connectivity index (χ0) is 11.9. The molecule has 3 heteroatoms. The average molecular weight is 216 g/mol. The summed E-state index contributed by atoms with van der Waals surface area (Å²) in [5, 5.41) is 1.02. The number of hydrogen-bond donors (Lipinski definition) is 1. The largest absolute Gasteiger partial charge is 0.399 e. The summed E-state index contributed by atoms with van der Waals surface area (Å²) in [5.74, 6) is 0. The highest BCUT2D eigenvalue weighted by molar-refractivity contribution is 5.83. The molecule has 1 aromatic heterocycles. The topological polar surface area (TPSA) is 48.0 Å². The van der Waals surface area contributed by atoms with Crippen LogP contribution in [0, 0.1) is 6.92 Å². The van der Waals surface area contributed by atoms with E-state index >= 15 is 0 Å². The summed E-state index contributed by atoms with van der Waals surface area (Å²) < 4.78 is 1.81. The van der Waals surface area contributed by atoms with Gasteiger partial charge in [0.2, 0.25) is 0 Å². The molecule has 1 aromatic carbocycles. The van der Waals surface area contributed by atoms with E-state index in [4.69, 9.17) is 5.73 Å². The molecular formula is C13H16N2O. The number of fused-ring (bicyclic) bond motifs is 1. The molecule has 0 fully saturated rings. The van der Waals surface area contributed by atoms with Crippen LogP contribution in [0.3, 0.4) is 0 Å². The van der Waals surface area contributed by atoms with Gasteiger partial charge in [0.05, 0.1) is 5.52 Å². The summed E-state index contributed by atoms with van der Waals surface area (Å²) in [5.41, 5.74) is 8.25. The first-order valence-electron chi connectivity index (χ1n) is 5.42. The van der Waals surface area contributed by atoms with Crippen LogP contribution in [0.4, 0.5) is 5.69 Å². The minimum Gasteiger partial charge on any atom is -0.399 e. The van der Waals surface area contributed by atoms with Crippen LogP contribution in [0.5, 0.6) is 0 Å². The van der Waals surface area contributed by atoms with E-state index < -0.39 is 0 Å². The summed E-state index contributed by atoms with van der Waals surface area (Å²) in [7, 11) is 0. The molecule has 0 saturated carbocycles. The van der Waals surface area contributed by atoms with Crippen LogP contribution < -0.4 is 11.3 Å². The number of aryl methyl sites for hydroxylation is 1. The van der Waals surface area contributed by atoms with E-state index in [1.807, 2.05) is 49.6 Å². The predicted molar refractivity (Wildman–Crippen MR) is 67.7 cm³/mol. The maximum atomic E-state index is 12.0. The van der Waals surface area contributed by atoms with Crippen molar-refractivity contribution in [2.45, 2.75) is 26.8 Å². The number of nitrogen functional groups attached to an aromatic ring is 1. The van der Waals surface area contributed by atoms with Crippen LogP contribution >= 0.6 is 0 Å². The molecule has 0 spiro atoms. The Morgan fingerprint density at radius 3 is 2.56 bits per heavy atom. The predicted octanol–water partition coefficient (Wildman–Crippen LogP) is 2.47. The molecule has 2 N–H and O–H groups in total. The van der Waals surface area contributed by atoms with Crippen LogP contribution in [0.25, 0.3) is 10.9 Å². The van der Waals surface area contributed by atoms with Crippen molar-refractivity contribution in [1.29, 1.82) is 0 Å². The zero-order valence-electron chi connectivity index (χ0n) is 9.82. The van der Waals surface area contributed by atoms with Crippen molar-refractivity contribution >= 4 is 16.6 Å². The van der Waals surface area contributed by atoms with Crippen molar-refractivity contribution < 1.29 is 0 Å². The van der Waals surface area contributed by atoms with Gasteiger partial charge in [-0.2, -0.15) is 0 Å². The fourth-order valence-corrected chi connectivity index (χ4v) is 2.02. The summed E-state index contributed by atoms with van der Waals surface area (Å²) in [6.45, 7) is 5.86. The Balaban J connectivity index is 2.95.